The molecule has 0 aromatic heterocycles. The van der Waals surface area contributed by atoms with Crippen LogP contribution in [0.3, 0.4) is 0 Å². The van der Waals surface area contributed by atoms with E-state index in [2.05, 4.69) is 15.5 Å². The fraction of sp³-hybridized carbons (Fsp3) is 0.550. The van der Waals surface area contributed by atoms with Crippen molar-refractivity contribution in [1.29, 1.82) is 0 Å². The summed E-state index contributed by atoms with van der Waals surface area (Å²) < 4.78 is 0. The second kappa shape index (κ2) is 8.99. The predicted octanol–water partition coefficient (Wildman–Crippen LogP) is 1.32. The van der Waals surface area contributed by atoms with Crippen LogP contribution in [0, 0.1) is 5.92 Å². The zero-order chi connectivity index (χ0) is 19.2. The summed E-state index contributed by atoms with van der Waals surface area (Å²) >= 11 is 0. The summed E-state index contributed by atoms with van der Waals surface area (Å²) in [5.41, 5.74) is 1.35. The summed E-state index contributed by atoms with van der Waals surface area (Å²) in [5.74, 6) is 0.246. The van der Waals surface area contributed by atoms with Crippen LogP contribution in [0.15, 0.2) is 24.3 Å². The third-order valence-electron chi connectivity index (χ3n) is 4.96. The molecule has 0 unspecified atom stereocenters. The lowest BCUT2D eigenvalue weighted by molar-refractivity contribution is -0.122. The first-order chi connectivity index (χ1) is 13.1. The van der Waals surface area contributed by atoms with Crippen molar-refractivity contribution < 1.29 is 14.4 Å². The predicted molar refractivity (Wildman–Crippen MR) is 103 cm³/mol. The summed E-state index contributed by atoms with van der Waals surface area (Å²) in [6, 6.07) is 7.10. The van der Waals surface area contributed by atoms with E-state index >= 15 is 0 Å². The molecule has 1 aromatic rings. The van der Waals surface area contributed by atoms with E-state index in [0.717, 1.165) is 31.5 Å². The van der Waals surface area contributed by atoms with Gasteiger partial charge in [0.1, 0.15) is 0 Å². The Morgan fingerprint density at radius 3 is 2.44 bits per heavy atom. The average molecular weight is 372 g/mol. The van der Waals surface area contributed by atoms with Gasteiger partial charge in [0.15, 0.2) is 0 Å². The molecule has 1 saturated heterocycles. The van der Waals surface area contributed by atoms with E-state index < -0.39 is 0 Å². The maximum atomic E-state index is 12.8. The minimum absolute atomic E-state index is 0.00470. The van der Waals surface area contributed by atoms with Crippen molar-refractivity contribution in [3.05, 3.63) is 29.8 Å². The second-order valence-corrected chi connectivity index (χ2v) is 7.22. The van der Waals surface area contributed by atoms with E-state index in [1.54, 1.807) is 24.3 Å². The highest BCUT2D eigenvalue weighted by Crippen LogP contribution is 2.30. The molecule has 1 aliphatic heterocycles. The van der Waals surface area contributed by atoms with Gasteiger partial charge in [-0.3, -0.25) is 19.3 Å². The zero-order valence-electron chi connectivity index (χ0n) is 15.9. The highest BCUT2D eigenvalue weighted by Gasteiger charge is 2.29. The van der Waals surface area contributed by atoms with Crippen molar-refractivity contribution in [2.45, 2.75) is 26.2 Å². The van der Waals surface area contributed by atoms with E-state index in [4.69, 9.17) is 0 Å². The quantitative estimate of drug-likeness (QED) is 0.789. The number of hydrogen-bond donors (Lipinski definition) is 2. The maximum Gasteiger partial charge on any atom is 0.253 e. The largest absolute Gasteiger partial charge is 0.355 e. The number of likely N-dealkylation sites (N-methyl/N-ethyl adjacent to an activating group) is 1. The molecule has 1 saturated carbocycles. The lowest BCUT2D eigenvalue weighted by atomic mass is 10.1. The van der Waals surface area contributed by atoms with Crippen LogP contribution in [0.25, 0.3) is 0 Å². The van der Waals surface area contributed by atoms with Crippen molar-refractivity contribution in [3.63, 3.8) is 0 Å². The molecule has 0 spiro atoms. The normalized spacial score (nSPS) is 17.9. The molecular formula is C20H28N4O3. The zero-order valence-corrected chi connectivity index (χ0v) is 15.9. The van der Waals surface area contributed by atoms with Crippen molar-refractivity contribution in [2.24, 2.45) is 5.92 Å². The van der Waals surface area contributed by atoms with E-state index in [1.807, 2.05) is 11.8 Å². The molecule has 7 nitrogen and oxygen atoms in total. The molecule has 27 heavy (non-hydrogen) atoms. The number of anilines is 1. The van der Waals surface area contributed by atoms with Gasteiger partial charge in [-0.1, -0.05) is 0 Å². The molecule has 0 radical (unpaired) electrons. The van der Waals surface area contributed by atoms with Crippen LogP contribution in [0.2, 0.25) is 0 Å². The number of carbonyl (C=O) groups excluding carboxylic acids is 3. The van der Waals surface area contributed by atoms with Crippen LogP contribution >= 0.6 is 0 Å². The Morgan fingerprint density at radius 2 is 1.78 bits per heavy atom. The van der Waals surface area contributed by atoms with E-state index in [9.17, 15) is 14.4 Å². The highest BCUT2D eigenvalue weighted by molar-refractivity contribution is 5.96. The molecule has 146 valence electrons. The molecule has 3 amide bonds. The first kappa shape index (κ1) is 19.4. The Labute approximate surface area is 160 Å². The van der Waals surface area contributed by atoms with Gasteiger partial charge in [0.25, 0.3) is 5.91 Å². The number of nitrogens with one attached hydrogen (secondary N) is 2. The Morgan fingerprint density at radius 1 is 1.04 bits per heavy atom. The molecule has 0 atom stereocenters. The van der Waals surface area contributed by atoms with Gasteiger partial charge in [-0.2, -0.15) is 0 Å². The molecule has 7 heteroatoms. The minimum atomic E-state index is -0.00470. The molecule has 1 aromatic carbocycles. The number of amides is 3. The van der Waals surface area contributed by atoms with Gasteiger partial charge in [-0.15, -0.1) is 0 Å². The van der Waals surface area contributed by atoms with E-state index in [-0.39, 0.29) is 23.6 Å². The van der Waals surface area contributed by atoms with E-state index in [1.165, 1.54) is 0 Å². The SMILES string of the molecule is CCNC(=O)CN1CCCN(C(=O)c2ccc(NC(=O)C3CC3)cc2)CC1. The Hall–Kier alpha value is -2.41. The summed E-state index contributed by atoms with van der Waals surface area (Å²) in [6.07, 6.45) is 2.78. The number of carbonyl (C=O) groups is 3. The monoisotopic (exact) mass is 372 g/mol. The van der Waals surface area contributed by atoms with Crippen LogP contribution < -0.4 is 10.6 Å². The number of rotatable bonds is 6. The van der Waals surface area contributed by atoms with Crippen molar-refractivity contribution in [1.82, 2.24) is 15.1 Å². The summed E-state index contributed by atoms with van der Waals surface area (Å²) in [4.78, 5) is 40.3. The molecule has 2 N–H and O–H groups in total. The molecule has 3 rings (SSSR count). The van der Waals surface area contributed by atoms with Crippen molar-refractivity contribution >= 4 is 23.4 Å². The number of benzene rings is 1. The Kier molecular flexibility index (Phi) is 6.45. The molecule has 2 aliphatic rings. The van der Waals surface area contributed by atoms with Gasteiger partial charge >= 0.3 is 0 Å². The van der Waals surface area contributed by atoms with Gasteiger partial charge in [-0.05, 0) is 50.5 Å². The van der Waals surface area contributed by atoms with Gasteiger partial charge in [-0.25, -0.2) is 0 Å². The molecule has 0 bridgehead atoms. The van der Waals surface area contributed by atoms with Gasteiger partial charge in [0, 0.05) is 49.9 Å². The lowest BCUT2D eigenvalue weighted by Gasteiger charge is -2.22. The fourth-order valence-corrected chi connectivity index (χ4v) is 3.26. The third kappa shape index (κ3) is 5.53. The number of nitrogens with zero attached hydrogens (tertiary/aromatic N) is 2. The standard InChI is InChI=1S/C20H28N4O3/c1-2-21-18(25)14-23-10-3-11-24(13-12-23)20(27)16-6-8-17(9-7-16)22-19(26)15-4-5-15/h6-9,15H,2-5,10-14H2,1H3,(H,21,25)(H,22,26). The second-order valence-electron chi connectivity index (χ2n) is 7.22. The smallest absolute Gasteiger partial charge is 0.253 e. The third-order valence-corrected chi connectivity index (χ3v) is 4.96. The van der Waals surface area contributed by atoms with Crippen LogP contribution in [0.4, 0.5) is 5.69 Å². The molecular weight excluding hydrogens is 344 g/mol. The van der Waals surface area contributed by atoms with Crippen molar-refractivity contribution in [2.75, 3.05) is 44.6 Å². The van der Waals surface area contributed by atoms with E-state index in [0.29, 0.717) is 38.3 Å². The minimum Gasteiger partial charge on any atom is -0.355 e. The molecule has 1 aliphatic carbocycles. The fourth-order valence-electron chi connectivity index (χ4n) is 3.26. The summed E-state index contributed by atoms with van der Waals surface area (Å²) in [6.45, 7) is 5.72. The van der Waals surface area contributed by atoms with Gasteiger partial charge in [0.05, 0.1) is 6.54 Å². The van der Waals surface area contributed by atoms with Gasteiger partial charge in [0.2, 0.25) is 11.8 Å². The van der Waals surface area contributed by atoms with Crippen LogP contribution in [-0.4, -0.2) is 66.8 Å². The van der Waals surface area contributed by atoms with Crippen LogP contribution in [0.1, 0.15) is 36.5 Å². The first-order valence-corrected chi connectivity index (χ1v) is 9.76. The lowest BCUT2D eigenvalue weighted by Crippen LogP contribution is -2.40. The van der Waals surface area contributed by atoms with Gasteiger partial charge < -0.3 is 15.5 Å². The highest BCUT2D eigenvalue weighted by atomic mass is 16.2. The average Bonchev–Trinajstić information content (AvgIpc) is 3.50. The molecule has 2 fully saturated rings. The number of hydrogen-bond acceptors (Lipinski definition) is 4. The first-order valence-electron chi connectivity index (χ1n) is 9.76. The van der Waals surface area contributed by atoms with Crippen molar-refractivity contribution in [3.8, 4) is 0 Å². The van der Waals surface area contributed by atoms with Crippen LogP contribution in [0.5, 0.6) is 0 Å². The topological polar surface area (TPSA) is 81.8 Å². The van der Waals surface area contributed by atoms with Crippen LogP contribution in [-0.2, 0) is 9.59 Å². The Balaban J connectivity index is 1.52. The Bertz CT molecular complexity index is 685. The summed E-state index contributed by atoms with van der Waals surface area (Å²) in [5, 5.41) is 5.70. The molecule has 1 heterocycles. The summed E-state index contributed by atoms with van der Waals surface area (Å²) in [7, 11) is 0. The maximum absolute atomic E-state index is 12.8.